The van der Waals surface area contributed by atoms with Crippen LogP contribution in [0.2, 0.25) is 0 Å². The van der Waals surface area contributed by atoms with Crippen molar-refractivity contribution in [2.24, 2.45) is 0 Å². The molecule has 0 spiro atoms. The third kappa shape index (κ3) is 3.29. The first-order valence-electron chi connectivity index (χ1n) is 7.45. The van der Waals surface area contributed by atoms with Gasteiger partial charge >= 0.3 is 0 Å². The zero-order valence-corrected chi connectivity index (χ0v) is 12.9. The predicted octanol–water partition coefficient (Wildman–Crippen LogP) is 3.42. The zero-order chi connectivity index (χ0) is 16.4. The van der Waals surface area contributed by atoms with Crippen molar-refractivity contribution >= 4 is 17.3 Å². The molecule has 0 amide bonds. The van der Waals surface area contributed by atoms with Crippen LogP contribution in [0.15, 0.2) is 66.3 Å². The van der Waals surface area contributed by atoms with Gasteiger partial charge in [0.05, 0.1) is 0 Å². The van der Waals surface area contributed by atoms with E-state index in [2.05, 4.69) is 0 Å². The molecule has 0 bridgehead atoms. The maximum Gasteiger partial charge on any atom is 0.182 e. The highest BCUT2D eigenvalue weighted by atomic mass is 16.1. The SMILES string of the molecule is Cc1ccc(-c2cc(CC3=CC(=O)C=CC3=O)ccc2N)cc1. The smallest absolute Gasteiger partial charge is 0.182 e. The van der Waals surface area contributed by atoms with Crippen molar-refractivity contribution in [1.29, 1.82) is 0 Å². The van der Waals surface area contributed by atoms with Crippen molar-refractivity contribution in [3.63, 3.8) is 0 Å². The van der Waals surface area contributed by atoms with Gasteiger partial charge in [0.1, 0.15) is 0 Å². The molecule has 23 heavy (non-hydrogen) atoms. The summed E-state index contributed by atoms with van der Waals surface area (Å²) in [6.45, 7) is 2.04. The van der Waals surface area contributed by atoms with Gasteiger partial charge in [-0.2, -0.15) is 0 Å². The van der Waals surface area contributed by atoms with Gasteiger partial charge in [0.15, 0.2) is 11.6 Å². The molecule has 0 aliphatic heterocycles. The third-order valence-electron chi connectivity index (χ3n) is 3.91. The summed E-state index contributed by atoms with van der Waals surface area (Å²) < 4.78 is 0. The highest BCUT2D eigenvalue weighted by Crippen LogP contribution is 2.28. The maximum absolute atomic E-state index is 11.9. The number of nitrogen functional groups attached to an aromatic ring is 1. The molecule has 2 aromatic rings. The van der Waals surface area contributed by atoms with Crippen LogP contribution in [0.1, 0.15) is 11.1 Å². The van der Waals surface area contributed by atoms with Gasteiger partial charge in [-0.1, -0.05) is 35.9 Å². The molecule has 0 saturated heterocycles. The molecule has 0 aromatic heterocycles. The second-order valence-electron chi connectivity index (χ2n) is 5.73. The van der Waals surface area contributed by atoms with Gasteiger partial charge in [-0.05, 0) is 48.4 Å². The van der Waals surface area contributed by atoms with E-state index in [1.165, 1.54) is 23.8 Å². The molecular formula is C20H17NO2. The molecule has 0 heterocycles. The number of ketones is 2. The summed E-state index contributed by atoms with van der Waals surface area (Å²) in [7, 11) is 0. The van der Waals surface area contributed by atoms with Crippen LogP contribution in [0.4, 0.5) is 5.69 Å². The van der Waals surface area contributed by atoms with Crippen molar-refractivity contribution < 1.29 is 9.59 Å². The fourth-order valence-corrected chi connectivity index (χ4v) is 2.61. The minimum atomic E-state index is -0.145. The Bertz CT molecular complexity index is 842. The van der Waals surface area contributed by atoms with Gasteiger partial charge in [0.25, 0.3) is 0 Å². The Labute approximate surface area is 135 Å². The number of hydrogen-bond acceptors (Lipinski definition) is 3. The first-order chi connectivity index (χ1) is 11.0. The van der Waals surface area contributed by atoms with Crippen molar-refractivity contribution in [2.75, 3.05) is 5.73 Å². The number of anilines is 1. The first kappa shape index (κ1) is 15.0. The number of rotatable bonds is 3. The number of carbonyl (C=O) groups is 2. The Balaban J connectivity index is 1.93. The Hall–Kier alpha value is -2.94. The number of aryl methyl sites for hydroxylation is 1. The van der Waals surface area contributed by atoms with E-state index in [1.54, 1.807) is 0 Å². The lowest BCUT2D eigenvalue weighted by molar-refractivity contribution is -0.114. The molecule has 0 fully saturated rings. The summed E-state index contributed by atoms with van der Waals surface area (Å²) in [5, 5.41) is 0. The van der Waals surface area contributed by atoms with Crippen molar-refractivity contribution in [3.8, 4) is 11.1 Å². The highest BCUT2D eigenvalue weighted by Gasteiger charge is 2.14. The zero-order valence-electron chi connectivity index (χ0n) is 12.9. The van der Waals surface area contributed by atoms with E-state index in [-0.39, 0.29) is 11.6 Å². The fraction of sp³-hybridized carbons (Fsp3) is 0.100. The minimum absolute atomic E-state index is 0.113. The molecule has 1 aliphatic carbocycles. The van der Waals surface area contributed by atoms with E-state index in [1.807, 2.05) is 49.4 Å². The first-order valence-corrected chi connectivity index (χ1v) is 7.45. The average Bonchev–Trinajstić information content (AvgIpc) is 2.54. The molecular weight excluding hydrogens is 286 g/mol. The van der Waals surface area contributed by atoms with Crippen LogP contribution in [0.5, 0.6) is 0 Å². The average molecular weight is 303 g/mol. The van der Waals surface area contributed by atoms with Gasteiger partial charge in [-0.25, -0.2) is 0 Å². The van der Waals surface area contributed by atoms with Gasteiger partial charge in [0.2, 0.25) is 0 Å². The summed E-state index contributed by atoms with van der Waals surface area (Å²) in [4.78, 5) is 23.3. The highest BCUT2D eigenvalue weighted by molar-refractivity contribution is 6.17. The van der Waals surface area contributed by atoms with E-state index >= 15 is 0 Å². The second-order valence-corrected chi connectivity index (χ2v) is 5.73. The van der Waals surface area contributed by atoms with E-state index in [4.69, 9.17) is 5.73 Å². The number of carbonyl (C=O) groups excluding carboxylic acids is 2. The van der Waals surface area contributed by atoms with Crippen LogP contribution in [-0.4, -0.2) is 11.6 Å². The summed E-state index contributed by atoms with van der Waals surface area (Å²) in [5.74, 6) is -0.257. The molecule has 3 nitrogen and oxygen atoms in total. The Kier molecular flexibility index (Phi) is 3.94. The number of allylic oxidation sites excluding steroid dienone is 4. The van der Waals surface area contributed by atoms with Gasteiger partial charge in [-0.15, -0.1) is 0 Å². The lowest BCUT2D eigenvalue weighted by Gasteiger charge is -2.11. The van der Waals surface area contributed by atoms with Crippen LogP contribution in [-0.2, 0) is 16.0 Å². The second kappa shape index (κ2) is 6.05. The van der Waals surface area contributed by atoms with Crippen molar-refractivity contribution in [3.05, 3.63) is 77.4 Å². The summed E-state index contributed by atoms with van der Waals surface area (Å²) >= 11 is 0. The van der Waals surface area contributed by atoms with E-state index < -0.39 is 0 Å². The van der Waals surface area contributed by atoms with Crippen LogP contribution < -0.4 is 5.73 Å². The van der Waals surface area contributed by atoms with Crippen LogP contribution in [0.25, 0.3) is 11.1 Å². The molecule has 2 N–H and O–H groups in total. The number of nitrogens with two attached hydrogens (primary N) is 1. The van der Waals surface area contributed by atoms with Crippen molar-refractivity contribution in [1.82, 2.24) is 0 Å². The standard InChI is InChI=1S/C20H17NO2/c1-13-2-5-15(6-3-13)18-11-14(4-8-19(18)21)10-16-12-17(22)7-9-20(16)23/h2-9,11-12H,10,21H2,1H3. The minimum Gasteiger partial charge on any atom is -0.398 e. The summed E-state index contributed by atoms with van der Waals surface area (Å²) in [5.41, 5.74) is 11.4. The predicted molar refractivity (Wildman–Crippen MR) is 92.0 cm³/mol. The van der Waals surface area contributed by atoms with Crippen molar-refractivity contribution in [2.45, 2.75) is 13.3 Å². The Morgan fingerprint density at radius 2 is 1.70 bits per heavy atom. The maximum atomic E-state index is 11.9. The van der Waals surface area contributed by atoms with E-state index in [0.29, 0.717) is 17.7 Å². The number of hydrogen-bond donors (Lipinski definition) is 1. The number of benzene rings is 2. The topological polar surface area (TPSA) is 60.2 Å². The largest absolute Gasteiger partial charge is 0.398 e. The van der Waals surface area contributed by atoms with Gasteiger partial charge in [-0.3, -0.25) is 9.59 Å². The molecule has 1 aliphatic rings. The molecule has 0 radical (unpaired) electrons. The van der Waals surface area contributed by atoms with Crippen LogP contribution in [0, 0.1) is 6.92 Å². The summed E-state index contributed by atoms with van der Waals surface area (Å²) in [6, 6.07) is 13.9. The molecule has 0 atom stereocenters. The lowest BCUT2D eigenvalue weighted by atomic mass is 9.93. The Morgan fingerprint density at radius 3 is 2.43 bits per heavy atom. The molecule has 3 heteroatoms. The van der Waals surface area contributed by atoms with Crippen LogP contribution >= 0.6 is 0 Å². The molecule has 2 aromatic carbocycles. The van der Waals surface area contributed by atoms with E-state index in [0.717, 1.165) is 16.7 Å². The summed E-state index contributed by atoms with van der Waals surface area (Å²) in [6.07, 6.45) is 4.46. The molecule has 0 saturated carbocycles. The Morgan fingerprint density at radius 1 is 0.957 bits per heavy atom. The van der Waals surface area contributed by atoms with Gasteiger partial charge in [0, 0.05) is 23.2 Å². The molecule has 3 rings (SSSR count). The molecule has 0 unspecified atom stereocenters. The lowest BCUT2D eigenvalue weighted by Crippen LogP contribution is -2.09. The van der Waals surface area contributed by atoms with Crippen LogP contribution in [0.3, 0.4) is 0 Å². The van der Waals surface area contributed by atoms with E-state index in [9.17, 15) is 9.59 Å². The monoisotopic (exact) mass is 303 g/mol. The quantitative estimate of drug-likeness (QED) is 0.698. The van der Waals surface area contributed by atoms with Gasteiger partial charge < -0.3 is 5.73 Å². The normalized spacial score (nSPS) is 14.0. The molecule has 114 valence electrons. The third-order valence-corrected chi connectivity index (χ3v) is 3.91. The fourth-order valence-electron chi connectivity index (χ4n) is 2.61.